The third kappa shape index (κ3) is 4.33. The minimum atomic E-state index is -0.775. The topological polar surface area (TPSA) is 133 Å². The molecule has 10 heteroatoms. The normalized spacial score (nSPS) is 10.3. The first-order valence-corrected chi connectivity index (χ1v) is 6.39. The van der Waals surface area contributed by atoms with E-state index in [1.165, 1.54) is 18.2 Å². The van der Waals surface area contributed by atoms with Gasteiger partial charge in [0.2, 0.25) is 11.8 Å². The fourth-order valence-electron chi connectivity index (χ4n) is 1.89. The van der Waals surface area contributed by atoms with Crippen LogP contribution in [0.1, 0.15) is 5.69 Å². The van der Waals surface area contributed by atoms with Crippen molar-refractivity contribution in [3.63, 3.8) is 0 Å². The summed E-state index contributed by atoms with van der Waals surface area (Å²) in [6.45, 7) is -0.337. The molecular weight excluding hydrogens is 309 g/mol. The number of rotatable bonds is 6. The molecule has 0 spiro atoms. The van der Waals surface area contributed by atoms with Gasteiger partial charge in [0.15, 0.2) is 0 Å². The number of benzene rings is 1. The smallest absolute Gasteiger partial charge is 0.310 e. The molecule has 23 heavy (non-hydrogen) atoms. The molecule has 1 aromatic carbocycles. The van der Waals surface area contributed by atoms with E-state index >= 15 is 0 Å². The van der Waals surface area contributed by atoms with Gasteiger partial charge in [0.1, 0.15) is 24.3 Å². The van der Waals surface area contributed by atoms with E-state index in [0.717, 1.165) is 16.9 Å². The van der Waals surface area contributed by atoms with E-state index < -0.39 is 34.7 Å². The summed E-state index contributed by atoms with van der Waals surface area (Å²) < 4.78 is 14.0. The highest BCUT2D eigenvalue weighted by atomic mass is 19.1. The van der Waals surface area contributed by atoms with Crippen LogP contribution in [0.15, 0.2) is 30.5 Å². The van der Waals surface area contributed by atoms with Crippen molar-refractivity contribution in [2.45, 2.75) is 13.0 Å². The zero-order valence-electron chi connectivity index (χ0n) is 11.7. The number of primary amides is 1. The quantitative estimate of drug-likeness (QED) is 0.593. The maximum Gasteiger partial charge on any atom is 0.310 e. The SMILES string of the molecule is NC(=O)Cc1nn(CC(=O)Nc2cccc(F)c2)cc1[N+](=O)[O-]. The Kier molecular flexibility index (Phi) is 4.64. The zero-order chi connectivity index (χ0) is 17.0. The van der Waals surface area contributed by atoms with Gasteiger partial charge in [0.05, 0.1) is 11.3 Å². The Morgan fingerprint density at radius 1 is 1.43 bits per heavy atom. The van der Waals surface area contributed by atoms with E-state index in [4.69, 9.17) is 5.73 Å². The number of nitrogens with zero attached hydrogens (tertiary/aromatic N) is 3. The number of aromatic nitrogens is 2. The van der Waals surface area contributed by atoms with Crippen LogP contribution in [-0.4, -0.2) is 26.5 Å². The van der Waals surface area contributed by atoms with Crippen molar-refractivity contribution >= 4 is 23.2 Å². The van der Waals surface area contributed by atoms with Crippen molar-refractivity contribution in [3.05, 3.63) is 52.1 Å². The van der Waals surface area contributed by atoms with Gasteiger partial charge < -0.3 is 11.1 Å². The van der Waals surface area contributed by atoms with Gasteiger partial charge in [0, 0.05) is 5.69 Å². The lowest BCUT2D eigenvalue weighted by atomic mass is 10.3. The molecule has 0 aliphatic rings. The molecule has 0 saturated heterocycles. The van der Waals surface area contributed by atoms with Crippen LogP contribution in [-0.2, 0) is 22.6 Å². The Labute approximate surface area is 129 Å². The van der Waals surface area contributed by atoms with E-state index in [1.807, 2.05) is 0 Å². The number of halogens is 1. The Balaban J connectivity index is 2.11. The van der Waals surface area contributed by atoms with Crippen molar-refractivity contribution in [1.82, 2.24) is 9.78 Å². The average Bonchev–Trinajstić information content (AvgIpc) is 2.80. The van der Waals surface area contributed by atoms with Crippen LogP contribution < -0.4 is 11.1 Å². The molecule has 120 valence electrons. The maximum absolute atomic E-state index is 13.0. The lowest BCUT2D eigenvalue weighted by Gasteiger charge is -2.05. The minimum absolute atomic E-state index is 0.124. The number of carbonyl (C=O) groups is 2. The van der Waals surface area contributed by atoms with E-state index in [2.05, 4.69) is 10.4 Å². The summed E-state index contributed by atoms with van der Waals surface area (Å²) in [4.78, 5) is 32.9. The summed E-state index contributed by atoms with van der Waals surface area (Å²) in [5, 5.41) is 17.1. The highest BCUT2D eigenvalue weighted by Crippen LogP contribution is 2.17. The summed E-state index contributed by atoms with van der Waals surface area (Å²) in [6.07, 6.45) is 0.623. The average molecular weight is 321 g/mol. The van der Waals surface area contributed by atoms with Crippen LogP contribution in [0.25, 0.3) is 0 Å². The Morgan fingerprint density at radius 2 is 2.17 bits per heavy atom. The van der Waals surface area contributed by atoms with Gasteiger partial charge in [-0.3, -0.25) is 24.4 Å². The number of hydrogen-bond acceptors (Lipinski definition) is 5. The molecule has 0 fully saturated rings. The maximum atomic E-state index is 13.0. The molecule has 2 aromatic rings. The fraction of sp³-hybridized carbons (Fsp3) is 0.154. The summed E-state index contributed by atoms with van der Waals surface area (Å²) in [7, 11) is 0. The van der Waals surface area contributed by atoms with Gasteiger partial charge >= 0.3 is 5.69 Å². The van der Waals surface area contributed by atoms with E-state index in [9.17, 15) is 24.1 Å². The first kappa shape index (κ1) is 16.1. The monoisotopic (exact) mass is 321 g/mol. The second-order valence-electron chi connectivity index (χ2n) is 4.62. The summed E-state index contributed by atoms with van der Waals surface area (Å²) in [5.74, 6) is -1.84. The predicted molar refractivity (Wildman–Crippen MR) is 76.8 cm³/mol. The van der Waals surface area contributed by atoms with Gasteiger partial charge in [-0.15, -0.1) is 0 Å². The molecular formula is C13H12FN5O4. The highest BCUT2D eigenvalue weighted by molar-refractivity contribution is 5.90. The number of nitro groups is 1. The number of hydrogen-bond donors (Lipinski definition) is 2. The van der Waals surface area contributed by atoms with Crippen LogP contribution in [0, 0.1) is 15.9 Å². The highest BCUT2D eigenvalue weighted by Gasteiger charge is 2.21. The molecule has 0 aliphatic heterocycles. The third-order valence-electron chi connectivity index (χ3n) is 2.77. The van der Waals surface area contributed by atoms with Crippen molar-refractivity contribution in [2.24, 2.45) is 5.73 Å². The van der Waals surface area contributed by atoms with Crippen LogP contribution in [0.4, 0.5) is 15.8 Å². The van der Waals surface area contributed by atoms with Crippen molar-refractivity contribution in [1.29, 1.82) is 0 Å². The standard InChI is InChI=1S/C13H12FN5O4/c14-8-2-1-3-9(4-8)16-13(21)7-18-6-11(19(22)23)10(17-18)5-12(15)20/h1-4,6H,5,7H2,(H2,15,20)(H,16,21). The van der Waals surface area contributed by atoms with Gasteiger partial charge in [0.25, 0.3) is 0 Å². The van der Waals surface area contributed by atoms with E-state index in [1.54, 1.807) is 0 Å². The van der Waals surface area contributed by atoms with Crippen LogP contribution >= 0.6 is 0 Å². The van der Waals surface area contributed by atoms with Crippen molar-refractivity contribution < 1.29 is 18.9 Å². The number of nitrogens with one attached hydrogen (secondary N) is 1. The number of anilines is 1. The summed E-state index contributed by atoms with van der Waals surface area (Å²) in [6, 6.07) is 5.27. The minimum Gasteiger partial charge on any atom is -0.369 e. The van der Waals surface area contributed by atoms with E-state index in [0.29, 0.717) is 0 Å². The number of carbonyl (C=O) groups excluding carboxylic acids is 2. The molecule has 2 amide bonds. The van der Waals surface area contributed by atoms with Gasteiger partial charge in [-0.1, -0.05) is 6.07 Å². The zero-order valence-corrected chi connectivity index (χ0v) is 11.7. The molecule has 1 heterocycles. The molecule has 2 rings (SSSR count). The van der Waals surface area contributed by atoms with Crippen LogP contribution in [0.5, 0.6) is 0 Å². The van der Waals surface area contributed by atoms with Crippen molar-refractivity contribution in [3.8, 4) is 0 Å². The van der Waals surface area contributed by atoms with Gasteiger partial charge in [-0.05, 0) is 18.2 Å². The first-order chi connectivity index (χ1) is 10.8. The molecule has 0 aliphatic carbocycles. The second-order valence-corrected chi connectivity index (χ2v) is 4.62. The fourth-order valence-corrected chi connectivity index (χ4v) is 1.89. The molecule has 0 atom stereocenters. The molecule has 0 saturated carbocycles. The van der Waals surface area contributed by atoms with Gasteiger partial charge in [-0.2, -0.15) is 5.10 Å². The third-order valence-corrected chi connectivity index (χ3v) is 2.77. The molecule has 0 unspecified atom stereocenters. The lowest BCUT2D eigenvalue weighted by Crippen LogP contribution is -2.19. The summed E-state index contributed by atoms with van der Waals surface area (Å²) in [5.41, 5.74) is 4.71. The number of nitrogens with two attached hydrogens (primary N) is 1. The lowest BCUT2D eigenvalue weighted by molar-refractivity contribution is -0.385. The Hall–Kier alpha value is -3.30. The van der Waals surface area contributed by atoms with Crippen LogP contribution in [0.2, 0.25) is 0 Å². The van der Waals surface area contributed by atoms with Crippen molar-refractivity contribution in [2.75, 3.05) is 5.32 Å². The molecule has 9 nitrogen and oxygen atoms in total. The first-order valence-electron chi connectivity index (χ1n) is 6.39. The Morgan fingerprint density at radius 3 is 2.78 bits per heavy atom. The summed E-state index contributed by atoms with van der Waals surface area (Å²) >= 11 is 0. The van der Waals surface area contributed by atoms with Crippen LogP contribution in [0.3, 0.4) is 0 Å². The Bertz CT molecular complexity index is 773. The predicted octanol–water partition coefficient (Wildman–Crippen LogP) is 0.597. The molecule has 0 bridgehead atoms. The largest absolute Gasteiger partial charge is 0.369 e. The molecule has 1 aromatic heterocycles. The molecule has 3 N–H and O–H groups in total. The number of amides is 2. The second kappa shape index (κ2) is 6.64. The van der Waals surface area contributed by atoms with E-state index in [-0.39, 0.29) is 17.9 Å². The van der Waals surface area contributed by atoms with Gasteiger partial charge in [-0.25, -0.2) is 4.39 Å². The molecule has 0 radical (unpaired) electrons.